The lowest BCUT2D eigenvalue weighted by atomic mass is 9.82. The number of hydrogen-bond acceptors (Lipinski definition) is 4. The maximum absolute atomic E-state index is 19.1. The molecule has 14 aromatic carbocycles. The van der Waals surface area contributed by atoms with Crippen molar-refractivity contribution in [1.29, 1.82) is 0 Å². The van der Waals surface area contributed by atoms with Crippen molar-refractivity contribution in [3.8, 4) is 44.5 Å². The van der Waals surface area contributed by atoms with Crippen LogP contribution in [0, 0.1) is 11.6 Å². The summed E-state index contributed by atoms with van der Waals surface area (Å²) in [7, 11) is 0. The topological polar surface area (TPSA) is 32.8 Å². The largest absolute Gasteiger partial charge is 0.454 e. The lowest BCUT2D eigenvalue weighted by molar-refractivity contribution is 0.444. The maximum Gasteiger partial charge on any atom is 0.159 e. The number of nitrogens with zero attached hydrogens (tertiary/aromatic N) is 2. The summed E-state index contributed by atoms with van der Waals surface area (Å²) < 4.78 is 52.4. The number of halogens is 2. The van der Waals surface area contributed by atoms with Gasteiger partial charge in [-0.3, -0.25) is 0 Å². The minimum Gasteiger partial charge on any atom is -0.454 e. The first-order chi connectivity index (χ1) is 43.5. The van der Waals surface area contributed by atoms with E-state index in [1.54, 1.807) is 12.1 Å². The Labute approximate surface area is 507 Å². The van der Waals surface area contributed by atoms with Gasteiger partial charge in [-0.2, -0.15) is 0 Å². The molecule has 0 N–H and O–H groups in total. The summed E-state index contributed by atoms with van der Waals surface area (Å²) in [5, 5.41) is 9.70. The number of hydrogen-bond donors (Lipinski definition) is 0. The van der Waals surface area contributed by atoms with E-state index in [-0.39, 0.29) is 0 Å². The zero-order chi connectivity index (χ0) is 58.4. The number of benzene rings is 14. The third kappa shape index (κ3) is 8.46. The summed E-state index contributed by atoms with van der Waals surface area (Å²) in [6.45, 7) is 0. The number of fused-ring (bicyclic) bond motifs is 6. The minimum atomic E-state index is -0.435. The smallest absolute Gasteiger partial charge is 0.159 e. The van der Waals surface area contributed by atoms with E-state index >= 15 is 8.78 Å². The Hall–Kier alpha value is -10.8. The standard InChI is InChI=1S/C82H56F2N2O2/c83-69-48-59(52-24-8-2-9-25-52)46-67(54-28-12-4-13-29-54)79(69)85(71-36-20-34-63-61-32-16-18-38-75(61)87-81(63)71)73-50-74(66-43-41-57-45-58(51-22-6-1-7-23-51)44-56-40-42-65(73)78(66)77(56)57)86(72-37-21-35-64-62-33-17-19-39-76(62)88-82(64)72)80-68(55-30-14-5-15-31-55)47-60(49-70(80)84)53-26-10-3-11-27-53/h2-5,8-21,24-51H,1,6-7,22-23H2. The summed E-state index contributed by atoms with van der Waals surface area (Å²) in [6, 6.07) is 92.2. The van der Waals surface area contributed by atoms with Crippen molar-refractivity contribution in [3.63, 3.8) is 0 Å². The molecule has 4 nitrogen and oxygen atoms in total. The molecule has 0 atom stereocenters. The lowest BCUT2D eigenvalue weighted by Gasteiger charge is -2.34. The normalized spacial score (nSPS) is 13.1. The Bertz CT molecular complexity index is 5020. The Morgan fingerprint density at radius 3 is 1.17 bits per heavy atom. The number of furan rings is 2. The van der Waals surface area contributed by atoms with Crippen molar-refractivity contribution in [2.75, 3.05) is 9.80 Å². The molecular formula is C82H56F2N2O2. The molecule has 0 aliphatic heterocycles. The van der Waals surface area contributed by atoms with Gasteiger partial charge < -0.3 is 18.6 Å². The molecule has 6 heteroatoms. The second kappa shape index (κ2) is 21.0. The van der Waals surface area contributed by atoms with E-state index in [1.807, 2.05) is 158 Å². The zero-order valence-electron chi connectivity index (χ0n) is 48.1. The SMILES string of the molecule is Fc1cc(-c2ccccc2)cc(-c2ccccc2)c1N(c1cc(N(c2c(F)cc(-c3ccccc3)cc2-c2ccccc2)c2cccc3c2oc2ccccc23)c2ccc3cc(C4CCCCC4)cc4ccc1c2c43)c1cccc2c1oc1ccccc12. The first-order valence-electron chi connectivity index (χ1n) is 30.5. The molecule has 0 saturated heterocycles. The monoisotopic (exact) mass is 1140 g/mol. The summed E-state index contributed by atoms with van der Waals surface area (Å²) in [5.74, 6) is -0.413. The highest BCUT2D eigenvalue weighted by Gasteiger charge is 2.33. The highest BCUT2D eigenvalue weighted by molar-refractivity contribution is 6.30. The Balaban J connectivity index is 1.06. The molecule has 0 radical (unpaired) electrons. The zero-order valence-corrected chi connectivity index (χ0v) is 48.1. The second-order valence-electron chi connectivity index (χ2n) is 23.5. The van der Waals surface area contributed by atoms with Gasteiger partial charge in [-0.05, 0) is 128 Å². The van der Waals surface area contributed by atoms with Gasteiger partial charge in [-0.15, -0.1) is 0 Å². The summed E-state index contributed by atoms with van der Waals surface area (Å²) in [4.78, 5) is 4.18. The Morgan fingerprint density at radius 1 is 0.307 bits per heavy atom. The van der Waals surface area contributed by atoms with Crippen LogP contribution in [-0.2, 0) is 0 Å². The quantitative estimate of drug-likeness (QED) is 0.121. The first kappa shape index (κ1) is 51.6. The maximum atomic E-state index is 19.1. The molecule has 2 heterocycles. The molecule has 17 rings (SSSR count). The van der Waals surface area contributed by atoms with Crippen molar-refractivity contribution in [1.82, 2.24) is 0 Å². The average molecular weight is 1140 g/mol. The molecule has 0 spiro atoms. The van der Waals surface area contributed by atoms with Crippen LogP contribution in [0.4, 0.5) is 42.9 Å². The highest BCUT2D eigenvalue weighted by atomic mass is 19.1. The van der Waals surface area contributed by atoms with Crippen molar-refractivity contribution in [3.05, 3.63) is 290 Å². The van der Waals surface area contributed by atoms with Gasteiger partial charge in [0, 0.05) is 48.8 Å². The Kier molecular flexibility index (Phi) is 12.3. The van der Waals surface area contributed by atoms with Gasteiger partial charge >= 0.3 is 0 Å². The molecule has 0 unspecified atom stereocenters. The van der Waals surface area contributed by atoms with Crippen LogP contribution in [0.25, 0.3) is 121 Å². The van der Waals surface area contributed by atoms with Crippen LogP contribution < -0.4 is 9.80 Å². The third-order valence-electron chi connectivity index (χ3n) is 18.5. The fraction of sp³-hybridized carbons (Fsp3) is 0.0732. The molecule has 420 valence electrons. The van der Waals surface area contributed by atoms with E-state index in [0.29, 0.717) is 73.5 Å². The van der Waals surface area contributed by atoms with Crippen LogP contribution in [0.3, 0.4) is 0 Å². The fourth-order valence-electron chi connectivity index (χ4n) is 14.4. The molecule has 16 aromatic rings. The molecule has 0 bridgehead atoms. The van der Waals surface area contributed by atoms with Crippen molar-refractivity contribution < 1.29 is 17.6 Å². The predicted octanol–water partition coefficient (Wildman–Crippen LogP) is 24.3. The molecule has 1 fully saturated rings. The van der Waals surface area contributed by atoms with E-state index in [4.69, 9.17) is 8.83 Å². The van der Waals surface area contributed by atoms with E-state index in [0.717, 1.165) is 100 Å². The predicted molar refractivity (Wildman–Crippen MR) is 362 cm³/mol. The number of anilines is 6. The first-order valence-corrected chi connectivity index (χ1v) is 30.5. The van der Waals surface area contributed by atoms with Gasteiger partial charge in [0.25, 0.3) is 0 Å². The summed E-state index contributed by atoms with van der Waals surface area (Å²) in [6.07, 6.45) is 6.00. The van der Waals surface area contributed by atoms with Crippen molar-refractivity contribution in [2.24, 2.45) is 0 Å². The van der Waals surface area contributed by atoms with Crippen LogP contribution in [0.1, 0.15) is 43.6 Å². The summed E-state index contributed by atoms with van der Waals surface area (Å²) >= 11 is 0. The van der Waals surface area contributed by atoms with Crippen LogP contribution in [0.15, 0.2) is 282 Å². The molecule has 2 aromatic heterocycles. The average Bonchev–Trinajstić information content (AvgIpc) is 1.13. The molecule has 1 aliphatic rings. The van der Waals surface area contributed by atoms with Crippen LogP contribution in [0.2, 0.25) is 0 Å². The minimum absolute atomic E-state index is 0.328. The van der Waals surface area contributed by atoms with E-state index in [9.17, 15) is 0 Å². The third-order valence-corrected chi connectivity index (χ3v) is 18.5. The van der Waals surface area contributed by atoms with Gasteiger partial charge in [0.15, 0.2) is 11.2 Å². The van der Waals surface area contributed by atoms with Gasteiger partial charge in [0.1, 0.15) is 22.8 Å². The fourth-order valence-corrected chi connectivity index (χ4v) is 14.4. The number of para-hydroxylation sites is 4. The van der Waals surface area contributed by atoms with Crippen LogP contribution in [0.5, 0.6) is 0 Å². The van der Waals surface area contributed by atoms with Crippen molar-refractivity contribution in [2.45, 2.75) is 38.0 Å². The molecule has 1 saturated carbocycles. The second-order valence-corrected chi connectivity index (χ2v) is 23.5. The van der Waals surface area contributed by atoms with Gasteiger partial charge in [-0.1, -0.05) is 238 Å². The Morgan fingerprint density at radius 2 is 0.716 bits per heavy atom. The molecular weight excluding hydrogens is 1080 g/mol. The number of rotatable bonds is 11. The lowest BCUT2D eigenvalue weighted by Crippen LogP contribution is -2.18. The van der Waals surface area contributed by atoms with E-state index < -0.39 is 11.6 Å². The molecule has 0 amide bonds. The highest BCUT2D eigenvalue weighted by Crippen LogP contribution is 2.57. The van der Waals surface area contributed by atoms with E-state index in [2.05, 4.69) is 113 Å². The van der Waals surface area contributed by atoms with Crippen LogP contribution in [-0.4, -0.2) is 0 Å². The van der Waals surface area contributed by atoms with Crippen LogP contribution >= 0.6 is 0 Å². The van der Waals surface area contributed by atoms with E-state index in [1.165, 1.54) is 24.8 Å². The molecule has 1 aliphatic carbocycles. The summed E-state index contributed by atoms with van der Waals surface area (Å²) in [5.41, 5.74) is 13.5. The van der Waals surface area contributed by atoms with Crippen molar-refractivity contribution >= 4 is 110 Å². The van der Waals surface area contributed by atoms with Gasteiger partial charge in [-0.25, -0.2) is 8.78 Å². The van der Waals surface area contributed by atoms with Gasteiger partial charge in [0.2, 0.25) is 0 Å². The molecule has 88 heavy (non-hydrogen) atoms. The van der Waals surface area contributed by atoms with Gasteiger partial charge in [0.05, 0.1) is 34.1 Å².